The summed E-state index contributed by atoms with van der Waals surface area (Å²) in [7, 11) is 0. The fourth-order valence-electron chi connectivity index (χ4n) is 5.27. The second-order valence-corrected chi connectivity index (χ2v) is 10.1. The highest BCUT2D eigenvalue weighted by molar-refractivity contribution is 5.80. The Morgan fingerprint density at radius 1 is 1.00 bits per heavy atom. The Hall–Kier alpha value is -3.80. The number of alkyl halides is 3. The molecule has 12 heteroatoms. The highest BCUT2D eigenvalue weighted by Crippen LogP contribution is 2.38. The van der Waals surface area contributed by atoms with Crippen molar-refractivity contribution in [2.24, 2.45) is 5.18 Å². The molecular formula is C28H29F4N5O3. The molecule has 1 amide bonds. The predicted octanol–water partition coefficient (Wildman–Crippen LogP) is 5.88. The Labute approximate surface area is 228 Å². The molecule has 2 aromatic carbocycles. The Kier molecular flexibility index (Phi) is 8.15. The minimum atomic E-state index is -4.67. The van der Waals surface area contributed by atoms with Gasteiger partial charge in [0, 0.05) is 43.3 Å². The highest BCUT2D eigenvalue weighted by Gasteiger charge is 2.35. The van der Waals surface area contributed by atoms with Crippen molar-refractivity contribution >= 4 is 34.0 Å². The summed E-state index contributed by atoms with van der Waals surface area (Å²) >= 11 is 0. The van der Waals surface area contributed by atoms with E-state index >= 15 is 0 Å². The molecule has 212 valence electrons. The summed E-state index contributed by atoms with van der Waals surface area (Å²) in [5.74, 6) is 0.411. The normalized spacial score (nSPS) is 20.0. The van der Waals surface area contributed by atoms with Gasteiger partial charge in [-0.2, -0.15) is 13.2 Å². The van der Waals surface area contributed by atoms with E-state index in [0.29, 0.717) is 51.9 Å². The van der Waals surface area contributed by atoms with Crippen LogP contribution in [0.25, 0.3) is 10.9 Å². The molecule has 0 bridgehead atoms. The topological polar surface area (TPSA) is 87.1 Å². The quantitative estimate of drug-likeness (QED) is 0.288. The van der Waals surface area contributed by atoms with Crippen LogP contribution in [0.2, 0.25) is 0 Å². The lowest BCUT2D eigenvalue weighted by molar-refractivity contribution is -0.139. The van der Waals surface area contributed by atoms with E-state index in [1.165, 1.54) is 18.2 Å². The number of amides is 1. The number of ether oxygens (including phenoxy) is 1. The summed E-state index contributed by atoms with van der Waals surface area (Å²) in [6.07, 6.45) is -2.05. The lowest BCUT2D eigenvalue weighted by Crippen LogP contribution is -2.50. The zero-order valence-electron chi connectivity index (χ0n) is 21.7. The predicted molar refractivity (Wildman–Crippen MR) is 143 cm³/mol. The Morgan fingerprint density at radius 3 is 2.45 bits per heavy atom. The van der Waals surface area contributed by atoms with Gasteiger partial charge < -0.3 is 19.9 Å². The maximum absolute atomic E-state index is 13.4. The van der Waals surface area contributed by atoms with Crippen molar-refractivity contribution < 1.29 is 27.1 Å². The fraction of sp³-hybridized carbons (Fsp3) is 0.429. The maximum Gasteiger partial charge on any atom is 0.418 e. The summed E-state index contributed by atoms with van der Waals surface area (Å²) in [5.41, 5.74) is -0.695. The van der Waals surface area contributed by atoms with E-state index in [2.05, 4.69) is 20.4 Å². The largest absolute Gasteiger partial charge is 0.418 e. The number of rotatable bonds is 7. The number of aromatic nitrogens is 1. The standard InChI is InChI=1S/C28H29F4N5O3/c29-19-2-8-24-18(15-19)1-10-26(34-24)36-11-13-37(14-12-36)27(38)17-40-22-6-3-20(4-7-22)33-21-5-9-25(35-39)23(16-21)28(30,31)32/h1-2,5,8-10,15-16,20,22,33H,3-4,6-7,11-14,17H2. The number of fused-ring (bicyclic) bond motifs is 1. The zero-order valence-corrected chi connectivity index (χ0v) is 21.7. The molecular weight excluding hydrogens is 530 g/mol. The van der Waals surface area contributed by atoms with E-state index in [1.807, 2.05) is 12.1 Å². The van der Waals surface area contributed by atoms with Gasteiger partial charge in [0.05, 0.1) is 17.2 Å². The van der Waals surface area contributed by atoms with Gasteiger partial charge in [-0.1, -0.05) is 0 Å². The number of benzene rings is 2. The lowest BCUT2D eigenvalue weighted by Gasteiger charge is -2.36. The molecule has 5 rings (SSSR count). The first kappa shape index (κ1) is 27.8. The maximum atomic E-state index is 13.4. The number of nitrogens with zero attached hydrogens (tertiary/aromatic N) is 4. The molecule has 1 aliphatic heterocycles. The third-order valence-corrected chi connectivity index (χ3v) is 7.48. The molecule has 0 radical (unpaired) electrons. The summed E-state index contributed by atoms with van der Waals surface area (Å²) in [6.45, 7) is 2.32. The van der Waals surface area contributed by atoms with Crippen molar-refractivity contribution in [3.8, 4) is 0 Å². The van der Waals surface area contributed by atoms with E-state index in [9.17, 15) is 27.3 Å². The summed E-state index contributed by atoms with van der Waals surface area (Å²) in [6, 6.07) is 11.6. The average Bonchev–Trinajstić information content (AvgIpc) is 2.96. The molecule has 8 nitrogen and oxygen atoms in total. The van der Waals surface area contributed by atoms with Crippen molar-refractivity contribution in [2.75, 3.05) is 43.0 Å². The van der Waals surface area contributed by atoms with Crippen molar-refractivity contribution in [1.29, 1.82) is 0 Å². The number of nitrogens with one attached hydrogen (secondary N) is 1. The van der Waals surface area contributed by atoms with Crippen LogP contribution in [-0.2, 0) is 15.7 Å². The van der Waals surface area contributed by atoms with Crippen LogP contribution in [0, 0.1) is 10.7 Å². The highest BCUT2D eigenvalue weighted by atomic mass is 19.4. The molecule has 1 N–H and O–H groups in total. The molecule has 2 aliphatic rings. The number of hydrogen-bond donors (Lipinski definition) is 1. The second-order valence-electron chi connectivity index (χ2n) is 10.1. The Balaban J connectivity index is 1.05. The van der Waals surface area contributed by atoms with Crippen LogP contribution in [0.5, 0.6) is 0 Å². The van der Waals surface area contributed by atoms with Crippen molar-refractivity contribution in [3.05, 3.63) is 64.8 Å². The number of carbonyl (C=O) groups excluding carboxylic acids is 1. The molecule has 1 aliphatic carbocycles. The molecule has 0 spiro atoms. The van der Waals surface area contributed by atoms with Gasteiger partial charge in [0.25, 0.3) is 0 Å². The molecule has 0 unspecified atom stereocenters. The molecule has 40 heavy (non-hydrogen) atoms. The molecule has 1 saturated carbocycles. The molecule has 0 atom stereocenters. The third-order valence-electron chi connectivity index (χ3n) is 7.48. The van der Waals surface area contributed by atoms with Crippen LogP contribution in [0.3, 0.4) is 0 Å². The molecule has 1 saturated heterocycles. The molecule has 2 heterocycles. The Bertz CT molecular complexity index is 1370. The van der Waals surface area contributed by atoms with Crippen LogP contribution in [0.4, 0.5) is 34.8 Å². The first-order chi connectivity index (χ1) is 19.2. The van der Waals surface area contributed by atoms with E-state index in [0.717, 1.165) is 28.9 Å². The average molecular weight is 560 g/mol. The van der Waals surface area contributed by atoms with Crippen molar-refractivity contribution in [2.45, 2.75) is 44.0 Å². The van der Waals surface area contributed by atoms with Crippen LogP contribution in [-0.4, -0.2) is 60.7 Å². The third kappa shape index (κ3) is 6.49. The number of carbonyl (C=O) groups is 1. The van der Waals surface area contributed by atoms with E-state index in [4.69, 9.17) is 4.74 Å². The number of halogens is 4. The molecule has 3 aromatic rings. The van der Waals surface area contributed by atoms with Crippen LogP contribution in [0.15, 0.2) is 53.7 Å². The summed E-state index contributed by atoms with van der Waals surface area (Å²) in [5, 5.41) is 6.32. The number of pyridine rings is 1. The van der Waals surface area contributed by atoms with Gasteiger partial charge in [-0.3, -0.25) is 4.79 Å². The first-order valence-corrected chi connectivity index (χ1v) is 13.2. The van der Waals surface area contributed by atoms with Gasteiger partial charge >= 0.3 is 6.18 Å². The van der Waals surface area contributed by atoms with Gasteiger partial charge in [-0.15, -0.1) is 4.91 Å². The minimum absolute atomic E-state index is 0.0162. The lowest BCUT2D eigenvalue weighted by atomic mass is 9.92. The number of piperazine rings is 1. The number of anilines is 2. The smallest absolute Gasteiger partial charge is 0.382 e. The van der Waals surface area contributed by atoms with Crippen molar-refractivity contribution in [1.82, 2.24) is 9.88 Å². The number of hydrogen-bond acceptors (Lipinski definition) is 7. The van der Waals surface area contributed by atoms with Gasteiger partial charge in [-0.25, -0.2) is 9.37 Å². The van der Waals surface area contributed by atoms with Gasteiger partial charge in [0.15, 0.2) is 0 Å². The molecule has 1 aromatic heterocycles. The molecule has 2 fully saturated rings. The van der Waals surface area contributed by atoms with Crippen LogP contribution < -0.4 is 10.2 Å². The summed E-state index contributed by atoms with van der Waals surface area (Å²) in [4.78, 5) is 32.0. The van der Waals surface area contributed by atoms with Crippen molar-refractivity contribution in [3.63, 3.8) is 0 Å². The number of nitroso groups, excluding NO2 is 1. The van der Waals surface area contributed by atoms with Gasteiger partial charge in [0.2, 0.25) is 5.91 Å². The second kappa shape index (κ2) is 11.7. The fourth-order valence-corrected chi connectivity index (χ4v) is 5.27. The van der Waals surface area contributed by atoms with Crippen LogP contribution >= 0.6 is 0 Å². The van der Waals surface area contributed by atoms with E-state index in [-0.39, 0.29) is 36.2 Å². The SMILES string of the molecule is O=Nc1ccc(NC2CCC(OCC(=O)N3CCN(c4ccc5cc(F)ccc5n4)CC3)CC2)cc1C(F)(F)F. The summed E-state index contributed by atoms with van der Waals surface area (Å²) < 4.78 is 58.9. The Morgan fingerprint density at radius 2 is 1.75 bits per heavy atom. The van der Waals surface area contributed by atoms with E-state index in [1.54, 1.807) is 11.0 Å². The van der Waals surface area contributed by atoms with Gasteiger partial charge in [0.1, 0.15) is 23.9 Å². The first-order valence-electron chi connectivity index (χ1n) is 13.2. The monoisotopic (exact) mass is 559 g/mol. The zero-order chi connectivity index (χ0) is 28.3. The van der Waals surface area contributed by atoms with Crippen LogP contribution in [0.1, 0.15) is 31.2 Å². The minimum Gasteiger partial charge on any atom is -0.382 e. The van der Waals surface area contributed by atoms with E-state index < -0.39 is 17.4 Å². The van der Waals surface area contributed by atoms with Gasteiger partial charge in [-0.05, 0) is 79.4 Å².